The lowest BCUT2D eigenvalue weighted by Crippen LogP contribution is -2.59. The van der Waals surface area contributed by atoms with Crippen LogP contribution in [0.1, 0.15) is 50.5 Å². The summed E-state index contributed by atoms with van der Waals surface area (Å²) < 4.78 is 23.6. The Kier molecular flexibility index (Phi) is 6.82. The van der Waals surface area contributed by atoms with E-state index >= 15 is 0 Å². The molecule has 1 aromatic rings. The molecule has 4 fully saturated rings. The minimum atomic E-state index is -3.09. The molecule has 37 heavy (non-hydrogen) atoms. The number of hydrogen-bond acceptors (Lipinski definition) is 6. The predicted molar refractivity (Wildman–Crippen MR) is 141 cm³/mol. The number of carbonyl (C=O) groups excluding carboxylic acids is 2. The van der Waals surface area contributed by atoms with Crippen molar-refractivity contribution < 1.29 is 23.1 Å². The molecule has 5 rings (SSSR count). The van der Waals surface area contributed by atoms with Gasteiger partial charge in [0.2, 0.25) is 5.91 Å². The van der Waals surface area contributed by atoms with Crippen molar-refractivity contribution in [3.63, 3.8) is 0 Å². The van der Waals surface area contributed by atoms with Crippen LogP contribution >= 0.6 is 0 Å². The van der Waals surface area contributed by atoms with Crippen LogP contribution in [0.5, 0.6) is 0 Å². The number of sulfone groups is 1. The summed E-state index contributed by atoms with van der Waals surface area (Å²) in [4.78, 5) is 34.2. The smallest absolute Gasteiger partial charge is 0.321 e. The van der Waals surface area contributed by atoms with Gasteiger partial charge in [0.25, 0.3) is 0 Å². The molecule has 3 amide bonds. The number of carbonyl (C=O) groups is 2. The highest BCUT2D eigenvalue weighted by Gasteiger charge is 2.56. The van der Waals surface area contributed by atoms with Crippen molar-refractivity contribution in [3.05, 3.63) is 35.9 Å². The molecule has 2 saturated heterocycles. The van der Waals surface area contributed by atoms with Gasteiger partial charge in [-0.15, -0.1) is 0 Å². The second kappa shape index (κ2) is 9.54. The summed E-state index contributed by atoms with van der Waals surface area (Å²) in [5, 5.41) is 11.0. The van der Waals surface area contributed by atoms with E-state index in [1.54, 1.807) is 9.80 Å². The van der Waals surface area contributed by atoms with Crippen molar-refractivity contribution in [3.8, 4) is 0 Å². The SMILES string of the molecule is CN(C)[C@]1(c2ccccc2)CC[C@@]2(CC1)CN(CC(=O)N1CCS(=O)(=O)CC1)C(=O)N2CC1(O)CCC1. The van der Waals surface area contributed by atoms with Crippen LogP contribution in [0.3, 0.4) is 0 Å². The molecular formula is C27H40N4O5S. The first kappa shape index (κ1) is 26.4. The Hall–Kier alpha value is -2.17. The van der Waals surface area contributed by atoms with Crippen molar-refractivity contribution in [1.82, 2.24) is 19.6 Å². The average Bonchev–Trinajstić information content (AvgIpc) is 3.09. The molecule has 10 heteroatoms. The van der Waals surface area contributed by atoms with Gasteiger partial charge in [0.15, 0.2) is 9.84 Å². The van der Waals surface area contributed by atoms with Crippen molar-refractivity contribution in [1.29, 1.82) is 0 Å². The lowest BCUT2D eigenvalue weighted by Gasteiger charge is -2.52. The molecule has 0 aromatic heterocycles. The van der Waals surface area contributed by atoms with Gasteiger partial charge in [0.05, 0.1) is 29.2 Å². The Morgan fingerprint density at radius 2 is 1.62 bits per heavy atom. The zero-order valence-corrected chi connectivity index (χ0v) is 22.9. The Labute approximate surface area is 220 Å². The molecular weight excluding hydrogens is 492 g/mol. The van der Waals surface area contributed by atoms with E-state index in [0.29, 0.717) is 25.9 Å². The highest BCUT2D eigenvalue weighted by atomic mass is 32.2. The lowest BCUT2D eigenvalue weighted by molar-refractivity contribution is -0.131. The zero-order chi connectivity index (χ0) is 26.5. The van der Waals surface area contributed by atoms with Gasteiger partial charge in [0, 0.05) is 25.2 Å². The molecule has 9 nitrogen and oxygen atoms in total. The van der Waals surface area contributed by atoms with E-state index in [2.05, 4.69) is 43.3 Å². The Bertz CT molecular complexity index is 1110. The first-order chi connectivity index (χ1) is 17.5. The third-order valence-corrected chi connectivity index (χ3v) is 11.1. The molecule has 204 valence electrons. The fourth-order valence-electron chi connectivity index (χ4n) is 6.80. The molecule has 0 bridgehead atoms. The fraction of sp³-hybridized carbons (Fsp3) is 0.704. The summed E-state index contributed by atoms with van der Waals surface area (Å²) in [6.45, 7) is 1.07. The van der Waals surface area contributed by atoms with Gasteiger partial charge < -0.3 is 19.8 Å². The maximum atomic E-state index is 13.7. The first-order valence-corrected chi connectivity index (χ1v) is 15.3. The lowest BCUT2D eigenvalue weighted by atomic mass is 9.67. The molecule has 0 unspecified atom stereocenters. The Balaban J connectivity index is 1.36. The maximum absolute atomic E-state index is 13.7. The van der Waals surface area contributed by atoms with Crippen LogP contribution in [0.15, 0.2) is 30.3 Å². The summed E-state index contributed by atoms with van der Waals surface area (Å²) in [5.74, 6) is -0.255. The third kappa shape index (κ3) is 4.88. The van der Waals surface area contributed by atoms with Crippen LogP contribution in [0, 0.1) is 0 Å². The molecule has 1 aromatic carbocycles. The normalized spacial score (nSPS) is 31.1. The molecule has 2 saturated carbocycles. The molecule has 2 aliphatic carbocycles. The minimum Gasteiger partial charge on any atom is -0.388 e. The van der Waals surface area contributed by atoms with Crippen LogP contribution in [0.25, 0.3) is 0 Å². The van der Waals surface area contributed by atoms with Crippen LogP contribution in [0.4, 0.5) is 4.79 Å². The summed E-state index contributed by atoms with van der Waals surface area (Å²) in [7, 11) is 1.14. The molecule has 2 heterocycles. The number of benzene rings is 1. The zero-order valence-electron chi connectivity index (χ0n) is 22.1. The van der Waals surface area contributed by atoms with E-state index in [0.717, 1.165) is 32.1 Å². The summed E-state index contributed by atoms with van der Waals surface area (Å²) >= 11 is 0. The molecule has 4 aliphatic rings. The van der Waals surface area contributed by atoms with Crippen molar-refractivity contribution in [2.45, 2.75) is 61.6 Å². The minimum absolute atomic E-state index is 0.0259. The van der Waals surface area contributed by atoms with Gasteiger partial charge in [-0.3, -0.25) is 9.69 Å². The Morgan fingerprint density at radius 3 is 2.16 bits per heavy atom. The van der Waals surface area contributed by atoms with E-state index < -0.39 is 21.0 Å². The molecule has 2 aliphatic heterocycles. The molecule has 1 spiro atoms. The largest absolute Gasteiger partial charge is 0.388 e. The molecule has 0 atom stereocenters. The monoisotopic (exact) mass is 532 g/mol. The summed E-state index contributed by atoms with van der Waals surface area (Å²) in [6, 6.07) is 10.3. The summed E-state index contributed by atoms with van der Waals surface area (Å²) in [6.07, 6.45) is 5.67. The van der Waals surface area contributed by atoms with Gasteiger partial charge in [0.1, 0.15) is 6.54 Å². The fourth-order valence-corrected chi connectivity index (χ4v) is 8.00. The number of β-amino-alcohol motifs (C(OH)–C–C–N with tert-alkyl or cyclic N) is 1. The number of urea groups is 1. The van der Waals surface area contributed by atoms with Gasteiger partial charge in [-0.05, 0) is 64.6 Å². The number of amides is 3. The number of hydrogen-bond donors (Lipinski definition) is 1. The van der Waals surface area contributed by atoms with E-state index in [-0.39, 0.29) is 48.6 Å². The van der Waals surface area contributed by atoms with Gasteiger partial charge in [-0.2, -0.15) is 0 Å². The molecule has 1 N–H and O–H groups in total. The van der Waals surface area contributed by atoms with Crippen LogP contribution in [-0.4, -0.2) is 115 Å². The van der Waals surface area contributed by atoms with E-state index in [1.807, 2.05) is 11.0 Å². The maximum Gasteiger partial charge on any atom is 0.321 e. The highest BCUT2D eigenvalue weighted by molar-refractivity contribution is 7.91. The standard InChI is InChI=1S/C27H40N4O5S/c1-28(2)27(22-7-4-3-5-8-22)13-11-25(12-14-27)20-30(24(33)31(25)21-26(34)9-6-10-26)19-23(32)29-15-17-37(35,36)18-16-29/h3-5,7-8,34H,6,9-21H2,1-2H3/t25-,27-. The van der Waals surface area contributed by atoms with Crippen molar-refractivity contribution >= 4 is 21.8 Å². The summed E-state index contributed by atoms with van der Waals surface area (Å²) in [5.41, 5.74) is -0.130. The van der Waals surface area contributed by atoms with Crippen LogP contribution in [0.2, 0.25) is 0 Å². The van der Waals surface area contributed by atoms with Gasteiger partial charge >= 0.3 is 6.03 Å². The van der Waals surface area contributed by atoms with Gasteiger partial charge in [-0.25, -0.2) is 13.2 Å². The van der Waals surface area contributed by atoms with Crippen molar-refractivity contribution in [2.24, 2.45) is 0 Å². The number of nitrogens with zero attached hydrogens (tertiary/aromatic N) is 4. The predicted octanol–water partition coefficient (Wildman–Crippen LogP) is 1.67. The second-order valence-electron chi connectivity index (χ2n) is 11.9. The highest BCUT2D eigenvalue weighted by Crippen LogP contribution is 2.50. The first-order valence-electron chi connectivity index (χ1n) is 13.5. The van der Waals surface area contributed by atoms with Crippen LogP contribution < -0.4 is 0 Å². The number of rotatable bonds is 6. The van der Waals surface area contributed by atoms with Crippen molar-refractivity contribution in [2.75, 3.05) is 58.3 Å². The van der Waals surface area contributed by atoms with Crippen LogP contribution in [-0.2, 0) is 20.2 Å². The second-order valence-corrected chi connectivity index (χ2v) is 14.2. The topological polar surface area (TPSA) is 101 Å². The van der Waals surface area contributed by atoms with Gasteiger partial charge in [-0.1, -0.05) is 30.3 Å². The van der Waals surface area contributed by atoms with E-state index in [4.69, 9.17) is 0 Å². The third-order valence-electron chi connectivity index (χ3n) is 9.49. The molecule has 0 radical (unpaired) electrons. The van der Waals surface area contributed by atoms with E-state index in [9.17, 15) is 23.1 Å². The Morgan fingerprint density at radius 1 is 1.00 bits per heavy atom. The van der Waals surface area contributed by atoms with E-state index in [1.165, 1.54) is 5.56 Å². The quantitative estimate of drug-likeness (QED) is 0.598. The number of aliphatic hydroxyl groups is 1. The average molecular weight is 533 g/mol.